The zero-order valence-electron chi connectivity index (χ0n) is 15.5. The van der Waals surface area contributed by atoms with Crippen LogP contribution in [0.25, 0.3) is 0 Å². The van der Waals surface area contributed by atoms with Crippen LogP contribution in [0, 0.1) is 5.92 Å². The Bertz CT molecular complexity index is 426. The Kier molecular flexibility index (Phi) is 11.3. The van der Waals surface area contributed by atoms with Gasteiger partial charge in [-0.05, 0) is 12.3 Å². The number of unbranched alkanes of at least 4 members (excludes halogenated alkanes) is 1. The van der Waals surface area contributed by atoms with E-state index in [4.69, 9.17) is 4.74 Å². The minimum Gasteiger partial charge on any atom is -0.748 e. The number of nitrogens with zero attached hydrogens (tertiary/aromatic N) is 1. The lowest BCUT2D eigenvalue weighted by molar-refractivity contribution is -0.896. The van der Waals surface area contributed by atoms with Crippen molar-refractivity contribution in [3.8, 4) is 0 Å². The van der Waals surface area contributed by atoms with Gasteiger partial charge in [0, 0.05) is 6.61 Å². The molecule has 146 valence electrons. The van der Waals surface area contributed by atoms with Gasteiger partial charge in [-0.1, -0.05) is 33.1 Å². The summed E-state index contributed by atoms with van der Waals surface area (Å²) >= 11 is 0. The Morgan fingerprint density at radius 3 is 2.17 bits per heavy atom. The van der Waals surface area contributed by atoms with Gasteiger partial charge in [-0.2, -0.15) is 0 Å². The first kappa shape index (κ1) is 23.8. The van der Waals surface area contributed by atoms with Gasteiger partial charge >= 0.3 is 0 Å². The van der Waals surface area contributed by atoms with Gasteiger partial charge in [0.25, 0.3) is 0 Å². The summed E-state index contributed by atoms with van der Waals surface area (Å²) < 4.78 is 37.8. The van der Waals surface area contributed by atoms with Crippen LogP contribution in [0.15, 0.2) is 0 Å². The molecule has 24 heavy (non-hydrogen) atoms. The molecule has 0 saturated carbocycles. The van der Waals surface area contributed by atoms with Crippen molar-refractivity contribution in [3.05, 3.63) is 0 Å². The van der Waals surface area contributed by atoms with E-state index in [0.29, 0.717) is 19.1 Å². The number of ether oxygens (including phenoxy) is 1. The quantitative estimate of drug-likeness (QED) is 0.342. The smallest absolute Gasteiger partial charge is 0.126 e. The standard InChI is InChI=1S/C16H35NO6S/c1-5-7-8-14(6-2)11-23-12-15(18)9-17(3,4)10-16(19)13-24(20,21)22/h14-16,18-19H,5-13H2,1-4H3. The molecule has 0 amide bonds. The number of aliphatic hydroxyl groups excluding tert-OH is 2. The second-order valence-electron chi connectivity index (χ2n) is 7.29. The van der Waals surface area contributed by atoms with Crippen molar-refractivity contribution >= 4 is 10.1 Å². The van der Waals surface area contributed by atoms with Crippen LogP contribution in [-0.2, 0) is 14.9 Å². The Hall–Kier alpha value is -0.250. The molecule has 0 aliphatic heterocycles. The zero-order chi connectivity index (χ0) is 18.8. The summed E-state index contributed by atoms with van der Waals surface area (Å²) in [5, 5.41) is 19.8. The van der Waals surface area contributed by atoms with Crippen LogP contribution in [0.5, 0.6) is 0 Å². The van der Waals surface area contributed by atoms with Crippen molar-refractivity contribution in [2.45, 2.75) is 51.7 Å². The Morgan fingerprint density at radius 2 is 1.67 bits per heavy atom. The van der Waals surface area contributed by atoms with E-state index in [-0.39, 0.29) is 17.6 Å². The van der Waals surface area contributed by atoms with Crippen LogP contribution in [-0.4, -0.2) is 86.0 Å². The highest BCUT2D eigenvalue weighted by Gasteiger charge is 2.25. The van der Waals surface area contributed by atoms with E-state index in [1.165, 1.54) is 6.42 Å². The molecule has 0 saturated heterocycles. The van der Waals surface area contributed by atoms with Crippen LogP contribution in [0.3, 0.4) is 0 Å². The molecular formula is C16H35NO6S. The molecule has 0 aromatic carbocycles. The minimum absolute atomic E-state index is 0.0760. The predicted molar refractivity (Wildman–Crippen MR) is 92.5 cm³/mol. The normalized spacial score (nSPS) is 16.8. The SMILES string of the molecule is CCCCC(CC)COCC(O)C[N+](C)(C)CC(O)CS(=O)(=O)[O-]. The van der Waals surface area contributed by atoms with E-state index >= 15 is 0 Å². The van der Waals surface area contributed by atoms with Crippen LogP contribution < -0.4 is 0 Å². The fourth-order valence-electron chi connectivity index (χ4n) is 2.83. The summed E-state index contributed by atoms with van der Waals surface area (Å²) in [4.78, 5) is 0. The van der Waals surface area contributed by atoms with Gasteiger partial charge < -0.3 is 24.0 Å². The van der Waals surface area contributed by atoms with Crippen molar-refractivity contribution in [2.75, 3.05) is 46.2 Å². The van der Waals surface area contributed by atoms with Crippen molar-refractivity contribution in [2.24, 2.45) is 5.92 Å². The van der Waals surface area contributed by atoms with Gasteiger partial charge in [-0.15, -0.1) is 0 Å². The topological polar surface area (TPSA) is 107 Å². The lowest BCUT2D eigenvalue weighted by atomic mass is 10.0. The van der Waals surface area contributed by atoms with Gasteiger partial charge in [0.1, 0.15) is 25.3 Å². The van der Waals surface area contributed by atoms with E-state index in [1.807, 2.05) is 0 Å². The largest absolute Gasteiger partial charge is 0.748 e. The van der Waals surface area contributed by atoms with Crippen molar-refractivity contribution in [1.82, 2.24) is 0 Å². The lowest BCUT2D eigenvalue weighted by Gasteiger charge is -2.33. The number of quaternary nitrogens is 1. The first-order chi connectivity index (χ1) is 11.0. The van der Waals surface area contributed by atoms with Crippen molar-refractivity contribution < 1.29 is 32.4 Å². The van der Waals surface area contributed by atoms with Gasteiger partial charge in [-0.25, -0.2) is 8.42 Å². The third kappa shape index (κ3) is 13.1. The van der Waals surface area contributed by atoms with Gasteiger partial charge in [0.15, 0.2) is 0 Å². The summed E-state index contributed by atoms with van der Waals surface area (Å²) in [6, 6.07) is 0. The van der Waals surface area contributed by atoms with Crippen molar-refractivity contribution in [3.63, 3.8) is 0 Å². The third-order valence-corrected chi connectivity index (χ3v) is 4.81. The van der Waals surface area contributed by atoms with Gasteiger partial charge in [0.05, 0.1) is 36.6 Å². The molecule has 0 rings (SSSR count). The number of likely N-dealkylation sites (N-methyl/N-ethyl adjacent to an activating group) is 1. The van der Waals surface area contributed by atoms with Crippen molar-refractivity contribution in [1.29, 1.82) is 0 Å². The number of hydrogen-bond acceptors (Lipinski definition) is 6. The molecule has 0 bridgehead atoms. The van der Waals surface area contributed by atoms with Crippen LogP contribution in [0.1, 0.15) is 39.5 Å². The summed E-state index contributed by atoms with van der Waals surface area (Å²) in [6.07, 6.45) is 2.56. The molecule has 3 unspecified atom stereocenters. The molecule has 0 fully saturated rings. The van der Waals surface area contributed by atoms with Crippen LogP contribution in [0.4, 0.5) is 0 Å². The predicted octanol–water partition coefficient (Wildman–Crippen LogP) is 0.563. The van der Waals surface area contributed by atoms with Gasteiger partial charge in [-0.3, -0.25) is 0 Å². The maximum atomic E-state index is 10.7. The highest BCUT2D eigenvalue weighted by atomic mass is 32.2. The van der Waals surface area contributed by atoms with Gasteiger partial charge in [0.2, 0.25) is 0 Å². The van der Waals surface area contributed by atoms with E-state index in [9.17, 15) is 23.2 Å². The summed E-state index contributed by atoms with van der Waals surface area (Å²) in [5.74, 6) is -0.305. The summed E-state index contributed by atoms with van der Waals surface area (Å²) in [6.45, 7) is 5.50. The molecule has 3 atom stereocenters. The minimum atomic E-state index is -4.46. The molecular weight excluding hydrogens is 334 g/mol. The molecule has 0 aromatic heterocycles. The molecule has 0 aliphatic rings. The zero-order valence-corrected chi connectivity index (χ0v) is 16.3. The number of hydrogen-bond donors (Lipinski definition) is 2. The maximum absolute atomic E-state index is 10.7. The first-order valence-corrected chi connectivity index (χ1v) is 10.3. The molecule has 0 spiro atoms. The third-order valence-electron chi connectivity index (χ3n) is 4.01. The summed E-state index contributed by atoms with van der Waals surface area (Å²) in [5.41, 5.74) is 0. The second kappa shape index (κ2) is 11.4. The van der Waals surface area contributed by atoms with Crippen LogP contribution >= 0.6 is 0 Å². The highest BCUT2D eigenvalue weighted by Crippen LogP contribution is 2.13. The molecule has 0 aliphatic carbocycles. The average Bonchev–Trinajstić information content (AvgIpc) is 2.38. The van der Waals surface area contributed by atoms with E-state index < -0.39 is 28.1 Å². The molecule has 0 heterocycles. The van der Waals surface area contributed by atoms with E-state index in [2.05, 4.69) is 13.8 Å². The molecule has 8 heteroatoms. The molecule has 0 aromatic rings. The van der Waals surface area contributed by atoms with Crippen LogP contribution in [0.2, 0.25) is 0 Å². The summed E-state index contributed by atoms with van der Waals surface area (Å²) in [7, 11) is -0.928. The maximum Gasteiger partial charge on any atom is 0.126 e. The first-order valence-electron chi connectivity index (χ1n) is 8.68. The van der Waals surface area contributed by atoms with E-state index in [1.54, 1.807) is 14.1 Å². The number of aliphatic hydroxyl groups is 2. The monoisotopic (exact) mass is 369 g/mol. The molecule has 2 N–H and O–H groups in total. The molecule has 0 radical (unpaired) electrons. The fraction of sp³-hybridized carbons (Fsp3) is 1.00. The molecule has 7 nitrogen and oxygen atoms in total. The highest BCUT2D eigenvalue weighted by molar-refractivity contribution is 7.85. The van der Waals surface area contributed by atoms with E-state index in [0.717, 1.165) is 19.3 Å². The Balaban J connectivity index is 4.17. The Labute approximate surface area is 147 Å². The number of rotatable bonds is 14. The average molecular weight is 370 g/mol. The fourth-order valence-corrected chi connectivity index (χ4v) is 3.40. The second-order valence-corrected chi connectivity index (χ2v) is 8.74. The Morgan fingerprint density at radius 1 is 1.08 bits per heavy atom. The lowest BCUT2D eigenvalue weighted by Crippen LogP contribution is -2.51.